The van der Waals surface area contributed by atoms with Crippen LogP contribution in [0.4, 0.5) is 0 Å². The minimum absolute atomic E-state index is 0.0289. The SMILES string of the molecule is O=C(NC12CCCC3CC(CC3C1)C2)c1ccc(Cl)nc1Cl. The van der Waals surface area contributed by atoms with Crippen LogP contribution in [0.15, 0.2) is 12.1 Å². The highest BCUT2D eigenvalue weighted by Crippen LogP contribution is 2.55. The number of hydrogen-bond donors (Lipinski definition) is 1. The van der Waals surface area contributed by atoms with Crippen LogP contribution in [0.5, 0.6) is 0 Å². The summed E-state index contributed by atoms with van der Waals surface area (Å²) in [5.74, 6) is 2.39. The van der Waals surface area contributed by atoms with Gasteiger partial charge in [-0.25, -0.2) is 4.98 Å². The van der Waals surface area contributed by atoms with Crippen LogP contribution >= 0.6 is 23.2 Å². The van der Waals surface area contributed by atoms with Crippen molar-refractivity contribution in [3.63, 3.8) is 0 Å². The summed E-state index contributed by atoms with van der Waals surface area (Å²) in [4.78, 5) is 16.7. The van der Waals surface area contributed by atoms with Crippen LogP contribution in [0.1, 0.15) is 55.3 Å². The van der Waals surface area contributed by atoms with Gasteiger partial charge in [0.15, 0.2) is 0 Å². The van der Waals surface area contributed by atoms with Gasteiger partial charge < -0.3 is 5.32 Å². The summed E-state index contributed by atoms with van der Waals surface area (Å²) in [7, 11) is 0. The molecule has 1 heterocycles. The summed E-state index contributed by atoms with van der Waals surface area (Å²) in [6, 6.07) is 3.29. The molecule has 3 bridgehead atoms. The highest BCUT2D eigenvalue weighted by atomic mass is 35.5. The molecular formula is C17H20Cl2N2O. The van der Waals surface area contributed by atoms with Crippen molar-refractivity contribution in [1.82, 2.24) is 10.3 Å². The number of halogens is 2. The number of nitrogens with one attached hydrogen (secondary N) is 1. The molecule has 3 aliphatic carbocycles. The van der Waals surface area contributed by atoms with Crippen LogP contribution in [-0.2, 0) is 0 Å². The van der Waals surface area contributed by atoms with Crippen molar-refractivity contribution >= 4 is 29.1 Å². The van der Waals surface area contributed by atoms with Crippen molar-refractivity contribution in [3.8, 4) is 0 Å². The van der Waals surface area contributed by atoms with Crippen LogP contribution in [0.25, 0.3) is 0 Å². The molecule has 1 aromatic heterocycles. The zero-order chi connectivity index (χ0) is 15.3. The maximum absolute atomic E-state index is 12.7. The Morgan fingerprint density at radius 1 is 1.23 bits per heavy atom. The zero-order valence-electron chi connectivity index (χ0n) is 12.4. The molecule has 1 aromatic rings. The summed E-state index contributed by atoms with van der Waals surface area (Å²) in [5.41, 5.74) is 0.401. The van der Waals surface area contributed by atoms with Gasteiger partial charge in [0.25, 0.3) is 5.91 Å². The minimum atomic E-state index is -0.103. The average Bonchev–Trinajstić information content (AvgIpc) is 2.66. The van der Waals surface area contributed by atoms with Crippen LogP contribution in [-0.4, -0.2) is 16.4 Å². The second kappa shape index (κ2) is 5.38. The molecule has 4 rings (SSSR count). The molecule has 3 saturated carbocycles. The Bertz CT molecular complexity index is 621. The molecule has 22 heavy (non-hydrogen) atoms. The van der Waals surface area contributed by atoms with Crippen molar-refractivity contribution in [2.45, 2.75) is 50.5 Å². The second-order valence-corrected chi connectivity index (χ2v) is 8.11. The fourth-order valence-electron chi connectivity index (χ4n) is 5.21. The number of aromatic nitrogens is 1. The fourth-order valence-corrected chi connectivity index (χ4v) is 5.64. The Kier molecular flexibility index (Phi) is 3.61. The van der Waals surface area contributed by atoms with E-state index >= 15 is 0 Å². The van der Waals surface area contributed by atoms with Gasteiger partial charge in [-0.15, -0.1) is 0 Å². The number of fused-ring (bicyclic) bond motifs is 2. The third-order valence-corrected chi connectivity index (χ3v) is 6.44. The van der Waals surface area contributed by atoms with Crippen molar-refractivity contribution in [1.29, 1.82) is 0 Å². The van der Waals surface area contributed by atoms with Gasteiger partial charge in [-0.1, -0.05) is 36.0 Å². The van der Waals surface area contributed by atoms with E-state index in [0.717, 1.165) is 37.0 Å². The van der Waals surface area contributed by atoms with E-state index in [1.807, 2.05) is 0 Å². The molecule has 0 spiro atoms. The predicted octanol–water partition coefficient (Wildman–Crippen LogP) is 4.48. The van der Waals surface area contributed by atoms with Crippen LogP contribution in [0.2, 0.25) is 10.3 Å². The molecule has 3 aliphatic rings. The summed E-state index contributed by atoms with van der Waals surface area (Å²) in [6.45, 7) is 0. The van der Waals surface area contributed by atoms with Gasteiger partial charge in [-0.3, -0.25) is 4.79 Å². The monoisotopic (exact) mass is 338 g/mol. The highest BCUT2D eigenvalue weighted by molar-refractivity contribution is 6.34. The maximum Gasteiger partial charge on any atom is 0.254 e. The van der Waals surface area contributed by atoms with Gasteiger partial charge in [0.05, 0.1) is 5.56 Å². The lowest BCUT2D eigenvalue weighted by atomic mass is 9.73. The Balaban J connectivity index is 1.58. The molecule has 118 valence electrons. The molecule has 4 atom stereocenters. The van der Waals surface area contributed by atoms with Crippen molar-refractivity contribution in [3.05, 3.63) is 28.0 Å². The number of amides is 1. The van der Waals surface area contributed by atoms with E-state index in [9.17, 15) is 4.79 Å². The normalized spacial score (nSPS) is 36.2. The number of hydrogen-bond acceptors (Lipinski definition) is 2. The molecule has 0 aromatic carbocycles. The molecule has 3 fully saturated rings. The van der Waals surface area contributed by atoms with E-state index in [1.54, 1.807) is 12.1 Å². The molecule has 0 radical (unpaired) electrons. The molecule has 4 unspecified atom stereocenters. The van der Waals surface area contributed by atoms with Gasteiger partial charge in [-0.2, -0.15) is 0 Å². The smallest absolute Gasteiger partial charge is 0.254 e. The Labute approximate surface area is 140 Å². The van der Waals surface area contributed by atoms with Crippen molar-refractivity contribution in [2.24, 2.45) is 17.8 Å². The first kappa shape index (κ1) is 14.8. The maximum atomic E-state index is 12.7. The molecule has 1 N–H and O–H groups in total. The number of rotatable bonds is 2. The van der Waals surface area contributed by atoms with E-state index < -0.39 is 0 Å². The quantitative estimate of drug-likeness (QED) is 0.808. The number of nitrogens with zero attached hydrogens (tertiary/aromatic N) is 1. The van der Waals surface area contributed by atoms with Gasteiger partial charge in [0, 0.05) is 5.54 Å². The van der Waals surface area contributed by atoms with E-state index in [1.165, 1.54) is 25.7 Å². The average molecular weight is 339 g/mol. The lowest BCUT2D eigenvalue weighted by Crippen LogP contribution is -2.51. The first-order chi connectivity index (χ1) is 10.5. The van der Waals surface area contributed by atoms with Crippen LogP contribution < -0.4 is 5.32 Å². The largest absolute Gasteiger partial charge is 0.346 e. The fraction of sp³-hybridized carbons (Fsp3) is 0.647. The van der Waals surface area contributed by atoms with E-state index in [4.69, 9.17) is 23.2 Å². The molecule has 0 aliphatic heterocycles. The third-order valence-electron chi connectivity index (χ3n) is 5.94. The molecule has 5 heteroatoms. The van der Waals surface area contributed by atoms with Gasteiger partial charge in [-0.05, 0) is 62.0 Å². The summed E-state index contributed by atoms with van der Waals surface area (Å²) >= 11 is 11.9. The highest BCUT2D eigenvalue weighted by Gasteiger charge is 2.50. The predicted molar refractivity (Wildman–Crippen MR) is 87.2 cm³/mol. The third kappa shape index (κ3) is 2.52. The van der Waals surface area contributed by atoms with E-state index in [0.29, 0.717) is 10.7 Å². The zero-order valence-corrected chi connectivity index (χ0v) is 14.0. The second-order valence-electron chi connectivity index (χ2n) is 7.36. The minimum Gasteiger partial charge on any atom is -0.346 e. The Morgan fingerprint density at radius 3 is 2.86 bits per heavy atom. The number of pyridine rings is 1. The number of carbonyl (C=O) groups is 1. The lowest BCUT2D eigenvalue weighted by Gasteiger charge is -2.41. The van der Waals surface area contributed by atoms with Gasteiger partial charge >= 0.3 is 0 Å². The van der Waals surface area contributed by atoms with Crippen molar-refractivity contribution in [2.75, 3.05) is 0 Å². The van der Waals surface area contributed by atoms with E-state index in [-0.39, 0.29) is 16.6 Å². The van der Waals surface area contributed by atoms with Crippen molar-refractivity contribution < 1.29 is 4.79 Å². The molecule has 0 saturated heterocycles. The topological polar surface area (TPSA) is 42.0 Å². The van der Waals surface area contributed by atoms with Gasteiger partial charge in [0.2, 0.25) is 0 Å². The van der Waals surface area contributed by atoms with E-state index in [2.05, 4.69) is 10.3 Å². The van der Waals surface area contributed by atoms with Crippen LogP contribution in [0.3, 0.4) is 0 Å². The standard InChI is InChI=1S/C17H20Cl2N2O/c18-14-4-3-13(15(19)20-14)16(22)21-17-5-1-2-11-6-10(8-17)7-12(11)9-17/h3-4,10-12H,1-2,5-9H2,(H,21,22). The number of carbonyl (C=O) groups excluding carboxylic acids is 1. The summed E-state index contributed by atoms with van der Waals surface area (Å²) < 4.78 is 0. The van der Waals surface area contributed by atoms with Crippen LogP contribution in [0, 0.1) is 17.8 Å². The Hall–Kier alpha value is -0.800. The first-order valence-corrected chi connectivity index (χ1v) is 8.95. The first-order valence-electron chi connectivity index (χ1n) is 8.19. The van der Waals surface area contributed by atoms with Gasteiger partial charge in [0.1, 0.15) is 10.3 Å². The Morgan fingerprint density at radius 2 is 2.05 bits per heavy atom. The summed E-state index contributed by atoms with van der Waals surface area (Å²) in [5, 5.41) is 3.83. The lowest BCUT2D eigenvalue weighted by molar-refractivity contribution is 0.0824. The molecular weight excluding hydrogens is 319 g/mol. The summed E-state index contributed by atoms with van der Waals surface area (Å²) in [6.07, 6.45) is 8.66. The molecule has 1 amide bonds. The molecule has 3 nitrogen and oxygen atoms in total.